The third kappa shape index (κ3) is 4.74. The predicted octanol–water partition coefficient (Wildman–Crippen LogP) is 0.387. The molecule has 128 valence electrons. The molecule has 0 bridgehead atoms. The number of sulfonamides is 1. The van der Waals surface area contributed by atoms with E-state index in [0.717, 1.165) is 0 Å². The Balaban J connectivity index is 2.08. The van der Waals surface area contributed by atoms with Gasteiger partial charge in [-0.3, -0.25) is 9.59 Å². The number of aromatic nitrogens is 2. The first kappa shape index (κ1) is 17.8. The predicted molar refractivity (Wildman–Crippen MR) is 87.9 cm³/mol. The number of carbonyl (C=O) groups is 1. The minimum Gasteiger partial charge on any atom is -0.347 e. The fourth-order valence-electron chi connectivity index (χ4n) is 1.94. The molecule has 0 saturated carbocycles. The van der Waals surface area contributed by atoms with Gasteiger partial charge in [0.05, 0.1) is 4.90 Å². The number of nitrogens with zero attached hydrogens (tertiary/aromatic N) is 1. The molecule has 0 aliphatic carbocycles. The molecule has 0 aliphatic heterocycles. The van der Waals surface area contributed by atoms with E-state index in [0.29, 0.717) is 5.56 Å². The fourth-order valence-corrected chi connectivity index (χ4v) is 3.27. The van der Waals surface area contributed by atoms with Crippen LogP contribution in [0.4, 0.5) is 0 Å². The maximum atomic E-state index is 12.1. The summed E-state index contributed by atoms with van der Waals surface area (Å²) in [6, 6.07) is 8.58. The third-order valence-corrected chi connectivity index (χ3v) is 4.62. The van der Waals surface area contributed by atoms with E-state index in [1.807, 2.05) is 0 Å². The van der Waals surface area contributed by atoms with Crippen LogP contribution in [0.25, 0.3) is 0 Å². The first-order chi connectivity index (χ1) is 11.3. The highest BCUT2D eigenvalue weighted by molar-refractivity contribution is 7.89. The van der Waals surface area contributed by atoms with E-state index in [1.165, 1.54) is 24.3 Å². The summed E-state index contributed by atoms with van der Waals surface area (Å²) >= 11 is 0. The van der Waals surface area contributed by atoms with Gasteiger partial charge in [0, 0.05) is 18.7 Å². The second kappa shape index (κ2) is 7.37. The molecule has 1 aromatic heterocycles. The molecule has 1 heterocycles. The number of carbonyl (C=O) groups excluding carboxylic acids is 1. The number of hydrogen-bond donors (Lipinski definition) is 3. The first-order valence-electron chi connectivity index (χ1n) is 7.23. The molecule has 1 aromatic carbocycles. The molecule has 0 fully saturated rings. The number of hydrogen-bond acceptors (Lipinski definition) is 5. The number of aromatic amines is 1. The van der Waals surface area contributed by atoms with Gasteiger partial charge >= 0.3 is 0 Å². The van der Waals surface area contributed by atoms with Gasteiger partial charge in [0.25, 0.3) is 11.5 Å². The Morgan fingerprint density at radius 1 is 1.25 bits per heavy atom. The lowest BCUT2D eigenvalue weighted by atomic mass is 10.2. The van der Waals surface area contributed by atoms with E-state index in [4.69, 9.17) is 0 Å². The van der Waals surface area contributed by atoms with E-state index in [2.05, 4.69) is 20.2 Å². The van der Waals surface area contributed by atoms with Crippen molar-refractivity contribution in [3.8, 4) is 0 Å². The first-order valence-corrected chi connectivity index (χ1v) is 8.71. The van der Waals surface area contributed by atoms with Crippen LogP contribution in [0.15, 0.2) is 46.1 Å². The van der Waals surface area contributed by atoms with Crippen LogP contribution in [0.5, 0.6) is 0 Å². The summed E-state index contributed by atoms with van der Waals surface area (Å²) in [5.41, 5.74) is 0.293. The van der Waals surface area contributed by atoms with Gasteiger partial charge < -0.3 is 5.32 Å². The third-order valence-electron chi connectivity index (χ3n) is 2.96. The Morgan fingerprint density at radius 2 is 2.00 bits per heavy atom. The zero-order valence-corrected chi connectivity index (χ0v) is 14.1. The Bertz CT molecular complexity index is 870. The van der Waals surface area contributed by atoms with Gasteiger partial charge in [-0.1, -0.05) is 12.1 Å². The summed E-state index contributed by atoms with van der Waals surface area (Å²) in [5.74, 6) is -0.472. The summed E-state index contributed by atoms with van der Waals surface area (Å²) in [7, 11) is -3.59. The van der Waals surface area contributed by atoms with E-state index in [-0.39, 0.29) is 23.2 Å². The van der Waals surface area contributed by atoms with Gasteiger partial charge in [-0.05, 0) is 37.6 Å². The van der Waals surface area contributed by atoms with Gasteiger partial charge in [0.2, 0.25) is 10.0 Å². The van der Waals surface area contributed by atoms with Crippen LogP contribution in [-0.2, 0) is 16.6 Å². The number of H-pyrrole nitrogens is 1. The SMILES string of the molecule is CC(C)NS(=O)(=O)c1cccc(CNC(=O)c2ccc(=O)[nH]n2)c1. The second-order valence-electron chi connectivity index (χ2n) is 5.41. The van der Waals surface area contributed by atoms with Crippen molar-refractivity contribution in [3.63, 3.8) is 0 Å². The zero-order chi connectivity index (χ0) is 17.7. The molecular formula is C15H18N4O4S. The fraction of sp³-hybridized carbons (Fsp3) is 0.267. The number of amides is 1. The summed E-state index contributed by atoms with van der Waals surface area (Å²) in [4.78, 5) is 23.0. The van der Waals surface area contributed by atoms with Crippen molar-refractivity contribution in [1.29, 1.82) is 0 Å². The molecule has 0 aliphatic rings. The monoisotopic (exact) mass is 350 g/mol. The van der Waals surface area contributed by atoms with Crippen molar-refractivity contribution in [2.24, 2.45) is 0 Å². The topological polar surface area (TPSA) is 121 Å². The summed E-state index contributed by atoms with van der Waals surface area (Å²) in [5, 5.41) is 8.41. The van der Waals surface area contributed by atoms with Gasteiger partial charge in [0.1, 0.15) is 5.69 Å². The molecule has 0 unspecified atom stereocenters. The van der Waals surface area contributed by atoms with Gasteiger partial charge in [0.15, 0.2) is 0 Å². The molecule has 2 aromatic rings. The Morgan fingerprint density at radius 3 is 2.62 bits per heavy atom. The molecule has 3 N–H and O–H groups in total. The minimum atomic E-state index is -3.59. The van der Waals surface area contributed by atoms with Crippen molar-refractivity contribution >= 4 is 15.9 Å². The molecule has 8 nitrogen and oxygen atoms in total. The molecular weight excluding hydrogens is 332 g/mol. The van der Waals surface area contributed by atoms with E-state index in [1.54, 1.807) is 26.0 Å². The van der Waals surface area contributed by atoms with Crippen LogP contribution in [0.2, 0.25) is 0 Å². The van der Waals surface area contributed by atoms with Crippen molar-refractivity contribution in [3.05, 3.63) is 58.0 Å². The lowest BCUT2D eigenvalue weighted by Gasteiger charge is -2.11. The Labute approximate surface area is 139 Å². The molecule has 0 radical (unpaired) electrons. The lowest BCUT2D eigenvalue weighted by Crippen LogP contribution is -2.30. The molecule has 0 saturated heterocycles. The highest BCUT2D eigenvalue weighted by Crippen LogP contribution is 2.12. The standard InChI is InChI=1S/C15H18N4O4S/c1-10(2)19-24(22,23)12-5-3-4-11(8-12)9-16-15(21)13-6-7-14(20)18-17-13/h3-8,10,19H,9H2,1-2H3,(H,16,21)(H,18,20). The number of rotatable bonds is 6. The average molecular weight is 350 g/mol. The van der Waals surface area contributed by atoms with E-state index < -0.39 is 21.5 Å². The zero-order valence-electron chi connectivity index (χ0n) is 13.2. The van der Waals surface area contributed by atoms with Crippen LogP contribution in [0, 0.1) is 0 Å². The van der Waals surface area contributed by atoms with Gasteiger partial charge in [-0.2, -0.15) is 5.10 Å². The molecule has 2 rings (SSSR count). The van der Waals surface area contributed by atoms with E-state index >= 15 is 0 Å². The molecule has 24 heavy (non-hydrogen) atoms. The van der Waals surface area contributed by atoms with Crippen molar-refractivity contribution in [2.75, 3.05) is 0 Å². The average Bonchev–Trinajstić information content (AvgIpc) is 2.52. The van der Waals surface area contributed by atoms with Crippen LogP contribution < -0.4 is 15.6 Å². The Hall–Kier alpha value is -2.52. The summed E-state index contributed by atoms with van der Waals surface area (Å²) < 4.78 is 26.8. The van der Waals surface area contributed by atoms with E-state index in [9.17, 15) is 18.0 Å². The van der Waals surface area contributed by atoms with Crippen LogP contribution in [0.3, 0.4) is 0 Å². The molecule has 0 spiro atoms. The summed E-state index contributed by atoms with van der Waals surface area (Å²) in [6.45, 7) is 3.60. The van der Waals surface area contributed by atoms with Crippen molar-refractivity contribution in [1.82, 2.24) is 20.2 Å². The molecule has 1 amide bonds. The quantitative estimate of drug-likeness (QED) is 0.696. The molecule has 9 heteroatoms. The Kier molecular flexibility index (Phi) is 5.47. The maximum Gasteiger partial charge on any atom is 0.271 e. The highest BCUT2D eigenvalue weighted by Gasteiger charge is 2.15. The van der Waals surface area contributed by atoms with Crippen LogP contribution in [-0.4, -0.2) is 30.6 Å². The lowest BCUT2D eigenvalue weighted by molar-refractivity contribution is 0.0944. The minimum absolute atomic E-state index is 0.0693. The molecule has 0 atom stereocenters. The van der Waals surface area contributed by atoms with Crippen molar-refractivity contribution < 1.29 is 13.2 Å². The maximum absolute atomic E-state index is 12.1. The van der Waals surface area contributed by atoms with Crippen LogP contribution >= 0.6 is 0 Å². The summed E-state index contributed by atoms with van der Waals surface area (Å²) in [6.07, 6.45) is 0. The van der Waals surface area contributed by atoms with Crippen molar-refractivity contribution in [2.45, 2.75) is 31.3 Å². The largest absolute Gasteiger partial charge is 0.347 e. The van der Waals surface area contributed by atoms with Gasteiger partial charge in [-0.15, -0.1) is 0 Å². The number of benzene rings is 1. The van der Waals surface area contributed by atoms with Gasteiger partial charge in [-0.25, -0.2) is 18.2 Å². The van der Waals surface area contributed by atoms with Crippen LogP contribution in [0.1, 0.15) is 29.9 Å². The number of nitrogens with one attached hydrogen (secondary N) is 3. The smallest absolute Gasteiger partial charge is 0.271 e. The normalized spacial score (nSPS) is 11.5. The second-order valence-corrected chi connectivity index (χ2v) is 7.13. The highest BCUT2D eigenvalue weighted by atomic mass is 32.2.